The summed E-state index contributed by atoms with van der Waals surface area (Å²) in [5.74, 6) is 0.948. The molecule has 0 saturated heterocycles. The van der Waals surface area contributed by atoms with Gasteiger partial charge in [0.15, 0.2) is 5.15 Å². The van der Waals surface area contributed by atoms with Gasteiger partial charge in [0.05, 0.1) is 11.8 Å². The van der Waals surface area contributed by atoms with Crippen LogP contribution < -0.4 is 5.32 Å². The van der Waals surface area contributed by atoms with E-state index < -0.39 is 0 Å². The van der Waals surface area contributed by atoms with Crippen LogP contribution in [0.5, 0.6) is 0 Å². The van der Waals surface area contributed by atoms with Crippen molar-refractivity contribution in [3.63, 3.8) is 0 Å². The molecule has 16 heavy (non-hydrogen) atoms. The summed E-state index contributed by atoms with van der Waals surface area (Å²) in [5.41, 5.74) is 0.908. The molecular weight excluding hydrogens is 224 g/mol. The Bertz CT molecular complexity index is 353. The van der Waals surface area contributed by atoms with Gasteiger partial charge in [-0.25, -0.2) is 4.98 Å². The van der Waals surface area contributed by atoms with Crippen LogP contribution in [0.25, 0.3) is 0 Å². The molecule has 0 saturated carbocycles. The van der Waals surface area contributed by atoms with E-state index in [4.69, 9.17) is 16.9 Å². The summed E-state index contributed by atoms with van der Waals surface area (Å²) >= 11 is 5.99. The maximum absolute atomic E-state index is 8.38. The largest absolute Gasteiger partial charge is 0.344 e. The number of H-pyrrole nitrogens is 1. The molecule has 5 heteroatoms. The summed E-state index contributed by atoms with van der Waals surface area (Å²) in [7, 11) is 0. The molecule has 0 aromatic carbocycles. The van der Waals surface area contributed by atoms with Gasteiger partial charge in [0.2, 0.25) is 0 Å². The molecule has 1 rings (SSSR count). The number of hydrogen-bond acceptors (Lipinski definition) is 3. The summed E-state index contributed by atoms with van der Waals surface area (Å²) in [6, 6.07) is 2.08. The lowest BCUT2D eigenvalue weighted by Crippen LogP contribution is -2.14. The molecule has 0 atom stereocenters. The first-order valence-electron chi connectivity index (χ1n) is 5.58. The number of nitriles is 1. The lowest BCUT2D eigenvalue weighted by atomic mass is 10.2. The van der Waals surface area contributed by atoms with Crippen LogP contribution in [-0.4, -0.2) is 16.5 Å². The number of rotatable bonds is 7. The summed E-state index contributed by atoms with van der Waals surface area (Å²) in [4.78, 5) is 7.46. The van der Waals surface area contributed by atoms with Crippen molar-refractivity contribution in [2.75, 3.05) is 6.54 Å². The molecule has 0 aliphatic carbocycles. The summed E-state index contributed by atoms with van der Waals surface area (Å²) in [6.45, 7) is 3.46. The monoisotopic (exact) mass is 240 g/mol. The molecule has 0 spiro atoms. The summed E-state index contributed by atoms with van der Waals surface area (Å²) < 4.78 is 0. The Kier molecular flexibility index (Phi) is 5.91. The van der Waals surface area contributed by atoms with Gasteiger partial charge in [0, 0.05) is 25.9 Å². The van der Waals surface area contributed by atoms with Gasteiger partial charge in [-0.15, -0.1) is 0 Å². The Balaban J connectivity index is 2.41. The van der Waals surface area contributed by atoms with Crippen LogP contribution in [0.2, 0.25) is 5.15 Å². The number of aromatic nitrogens is 2. The summed E-state index contributed by atoms with van der Waals surface area (Å²) in [6.07, 6.45) is 3.71. The first-order chi connectivity index (χ1) is 7.77. The van der Waals surface area contributed by atoms with Gasteiger partial charge >= 0.3 is 0 Å². The highest BCUT2D eigenvalue weighted by Crippen LogP contribution is 2.13. The van der Waals surface area contributed by atoms with Gasteiger partial charge in [-0.05, 0) is 6.42 Å². The minimum Gasteiger partial charge on any atom is -0.344 e. The van der Waals surface area contributed by atoms with Gasteiger partial charge < -0.3 is 10.3 Å². The molecule has 88 valence electrons. The van der Waals surface area contributed by atoms with E-state index in [2.05, 4.69) is 28.3 Å². The van der Waals surface area contributed by atoms with Gasteiger partial charge in [-0.1, -0.05) is 24.9 Å². The maximum atomic E-state index is 8.38. The van der Waals surface area contributed by atoms with Crippen LogP contribution in [0, 0.1) is 11.3 Å². The van der Waals surface area contributed by atoms with Gasteiger partial charge in [-0.3, -0.25) is 0 Å². The molecule has 0 aliphatic heterocycles. The van der Waals surface area contributed by atoms with Crippen LogP contribution in [0.3, 0.4) is 0 Å². The molecule has 0 aliphatic rings. The van der Waals surface area contributed by atoms with Crippen molar-refractivity contribution in [2.24, 2.45) is 0 Å². The second-order valence-corrected chi connectivity index (χ2v) is 4.00. The van der Waals surface area contributed by atoms with Crippen LogP contribution >= 0.6 is 11.6 Å². The third-order valence-electron chi connectivity index (χ3n) is 2.26. The minimum atomic E-state index is 0.508. The molecule has 4 nitrogen and oxygen atoms in total. The van der Waals surface area contributed by atoms with Crippen molar-refractivity contribution in [1.82, 2.24) is 15.3 Å². The average molecular weight is 241 g/mol. The number of nitrogens with one attached hydrogen (secondary N) is 2. The molecule has 0 fully saturated rings. The highest BCUT2D eigenvalue weighted by atomic mass is 35.5. The fourth-order valence-corrected chi connectivity index (χ4v) is 1.59. The van der Waals surface area contributed by atoms with Gasteiger partial charge in [-0.2, -0.15) is 5.26 Å². The number of aryl methyl sites for hydroxylation is 1. The van der Waals surface area contributed by atoms with Crippen LogP contribution in [0.4, 0.5) is 0 Å². The Hall–Kier alpha value is -1.05. The number of halogens is 1. The molecule has 0 bridgehead atoms. The highest BCUT2D eigenvalue weighted by Gasteiger charge is 2.06. The predicted molar refractivity (Wildman–Crippen MR) is 64.1 cm³/mol. The number of aromatic amines is 1. The number of nitrogens with zero attached hydrogens (tertiary/aromatic N) is 2. The Morgan fingerprint density at radius 1 is 1.56 bits per heavy atom. The van der Waals surface area contributed by atoms with Crippen LogP contribution in [0.1, 0.15) is 37.7 Å². The lowest BCUT2D eigenvalue weighted by Gasteiger charge is -1.99. The Morgan fingerprint density at radius 3 is 3.06 bits per heavy atom. The van der Waals surface area contributed by atoms with E-state index in [1.807, 2.05) is 0 Å². The molecule has 0 radical (unpaired) electrons. The first kappa shape index (κ1) is 13.0. The Labute approximate surface area is 101 Å². The van der Waals surface area contributed by atoms with Crippen molar-refractivity contribution < 1.29 is 0 Å². The average Bonchev–Trinajstić information content (AvgIpc) is 2.63. The maximum Gasteiger partial charge on any atom is 0.151 e. The van der Waals surface area contributed by atoms with Crippen molar-refractivity contribution in [3.8, 4) is 6.07 Å². The van der Waals surface area contributed by atoms with Crippen molar-refractivity contribution in [1.29, 1.82) is 5.26 Å². The molecule has 2 N–H and O–H groups in total. The molecule has 0 amide bonds. The first-order valence-corrected chi connectivity index (χ1v) is 5.96. The fourth-order valence-electron chi connectivity index (χ4n) is 1.38. The van der Waals surface area contributed by atoms with Crippen molar-refractivity contribution in [2.45, 2.75) is 39.2 Å². The molecule has 1 aromatic rings. The van der Waals surface area contributed by atoms with E-state index in [1.54, 1.807) is 0 Å². The standard InChI is InChI=1S/C11H17ClN4/c1-2-3-5-10-15-9(11(12)16-10)8-14-7-4-6-13/h14H,2-5,7-8H2,1H3,(H,15,16). The van der Waals surface area contributed by atoms with Crippen LogP contribution in [0.15, 0.2) is 0 Å². The Morgan fingerprint density at radius 2 is 2.38 bits per heavy atom. The zero-order valence-electron chi connectivity index (χ0n) is 9.52. The normalized spacial score (nSPS) is 10.3. The highest BCUT2D eigenvalue weighted by molar-refractivity contribution is 6.30. The topological polar surface area (TPSA) is 64.5 Å². The SMILES string of the molecule is CCCCc1nc(Cl)c(CNCCC#N)[nH]1. The smallest absolute Gasteiger partial charge is 0.151 e. The van der Waals surface area contributed by atoms with E-state index in [0.717, 1.165) is 30.8 Å². The van der Waals surface area contributed by atoms with Crippen molar-refractivity contribution in [3.05, 3.63) is 16.7 Å². The zero-order chi connectivity index (χ0) is 11.8. The second-order valence-electron chi connectivity index (χ2n) is 3.64. The second kappa shape index (κ2) is 7.26. The molecular formula is C11H17ClN4. The molecule has 0 unspecified atom stereocenters. The van der Waals surface area contributed by atoms with E-state index in [-0.39, 0.29) is 0 Å². The zero-order valence-corrected chi connectivity index (χ0v) is 10.3. The fraction of sp³-hybridized carbons (Fsp3) is 0.636. The van der Waals surface area contributed by atoms with E-state index in [9.17, 15) is 0 Å². The number of imidazole rings is 1. The minimum absolute atomic E-state index is 0.508. The molecule has 1 heterocycles. The molecule has 1 aromatic heterocycles. The predicted octanol–water partition coefficient (Wildman–Crippen LogP) is 2.41. The van der Waals surface area contributed by atoms with Gasteiger partial charge in [0.25, 0.3) is 0 Å². The number of hydrogen-bond donors (Lipinski definition) is 2. The third-order valence-corrected chi connectivity index (χ3v) is 2.57. The van der Waals surface area contributed by atoms with Crippen molar-refractivity contribution >= 4 is 11.6 Å². The van der Waals surface area contributed by atoms with Gasteiger partial charge in [0.1, 0.15) is 5.82 Å². The van der Waals surface area contributed by atoms with E-state index in [0.29, 0.717) is 24.7 Å². The quantitative estimate of drug-likeness (QED) is 0.720. The summed E-state index contributed by atoms with van der Waals surface area (Å²) in [5, 5.41) is 12.1. The van der Waals surface area contributed by atoms with E-state index >= 15 is 0 Å². The third kappa shape index (κ3) is 4.21. The van der Waals surface area contributed by atoms with E-state index in [1.165, 1.54) is 0 Å². The van der Waals surface area contributed by atoms with Crippen LogP contribution in [-0.2, 0) is 13.0 Å². The number of unbranched alkanes of at least 4 members (excludes halogenated alkanes) is 1. The lowest BCUT2D eigenvalue weighted by molar-refractivity contribution is 0.684.